The summed E-state index contributed by atoms with van der Waals surface area (Å²) in [5, 5.41) is 11.1. The maximum Gasteiger partial charge on any atom is 0.132 e. The molecule has 0 fully saturated rings. The molecule has 2 aromatic rings. The van der Waals surface area contributed by atoms with Crippen molar-refractivity contribution >= 4 is 10.9 Å². The molecule has 0 amide bonds. The zero-order valence-corrected chi connectivity index (χ0v) is 14.1. The van der Waals surface area contributed by atoms with Crippen LogP contribution in [-0.2, 0) is 6.42 Å². The van der Waals surface area contributed by atoms with Crippen LogP contribution in [0.5, 0.6) is 0 Å². The summed E-state index contributed by atoms with van der Waals surface area (Å²) in [7, 11) is 0. The van der Waals surface area contributed by atoms with Crippen LogP contribution in [0.1, 0.15) is 70.8 Å². The molecule has 0 saturated heterocycles. The van der Waals surface area contributed by atoms with E-state index in [4.69, 9.17) is 9.97 Å². The van der Waals surface area contributed by atoms with Gasteiger partial charge in [-0.3, -0.25) is 4.98 Å². The summed E-state index contributed by atoms with van der Waals surface area (Å²) in [6.45, 7) is 8.03. The number of hydrogen-bond donors (Lipinski definition) is 1. The van der Waals surface area contributed by atoms with E-state index in [1.54, 1.807) is 6.20 Å². The largest absolute Gasteiger partial charge is 0.390 e. The molecule has 0 spiro atoms. The number of aryl methyl sites for hydroxylation is 1. The molecule has 2 aromatic heterocycles. The molecule has 4 nitrogen and oxygen atoms in total. The fourth-order valence-corrected chi connectivity index (χ4v) is 2.72. The molecule has 0 aliphatic rings. The number of rotatable bonds is 7. The van der Waals surface area contributed by atoms with Gasteiger partial charge in [0, 0.05) is 17.5 Å². The Morgan fingerprint density at radius 2 is 2.00 bits per heavy atom. The third kappa shape index (κ3) is 4.23. The number of nitrogens with zero attached hydrogens (tertiary/aromatic N) is 3. The second-order valence-electron chi connectivity index (χ2n) is 6.63. The van der Waals surface area contributed by atoms with Gasteiger partial charge in [-0.2, -0.15) is 0 Å². The Bertz CT molecular complexity index is 619. The summed E-state index contributed by atoms with van der Waals surface area (Å²) in [6, 6.07) is 2.00. The number of fused-ring (bicyclic) bond motifs is 1. The molecule has 0 aromatic carbocycles. The van der Waals surface area contributed by atoms with Crippen molar-refractivity contribution in [3.05, 3.63) is 30.0 Å². The maximum absolute atomic E-state index is 9.97. The Morgan fingerprint density at radius 3 is 2.64 bits per heavy atom. The lowest BCUT2D eigenvalue weighted by atomic mass is 9.92. The lowest BCUT2D eigenvalue weighted by Gasteiger charge is -2.21. The predicted molar refractivity (Wildman–Crippen MR) is 89.9 cm³/mol. The minimum atomic E-state index is -0.641. The lowest BCUT2D eigenvalue weighted by Crippen LogP contribution is -2.20. The van der Waals surface area contributed by atoms with E-state index in [1.165, 1.54) is 0 Å². The second kappa shape index (κ2) is 7.14. The number of aromatic nitrogens is 3. The maximum atomic E-state index is 9.97. The van der Waals surface area contributed by atoms with Gasteiger partial charge in [-0.25, -0.2) is 9.97 Å². The summed E-state index contributed by atoms with van der Waals surface area (Å²) in [5.41, 5.74) is 1.40. The van der Waals surface area contributed by atoms with Gasteiger partial charge in [0.25, 0.3) is 0 Å². The highest BCUT2D eigenvalue weighted by atomic mass is 16.3. The van der Waals surface area contributed by atoms with Crippen molar-refractivity contribution in [2.45, 2.75) is 71.3 Å². The predicted octanol–water partition coefficient (Wildman–Crippen LogP) is 4.02. The standard InChI is InChI=1S/C18H27N3O/c1-5-7-15-14-9-11-19-12-16(14)21-17(20-15)13(6-2)8-10-18(3,4)22/h9,11-13,22H,5-8,10H2,1-4H3. The minimum absolute atomic E-state index is 0.284. The summed E-state index contributed by atoms with van der Waals surface area (Å²) in [5.74, 6) is 1.18. The molecule has 0 radical (unpaired) electrons. The van der Waals surface area contributed by atoms with Gasteiger partial charge in [0.05, 0.1) is 23.0 Å². The molecule has 0 saturated carbocycles. The average molecular weight is 301 g/mol. The fraction of sp³-hybridized carbons (Fsp3) is 0.611. The topological polar surface area (TPSA) is 58.9 Å². The molecular weight excluding hydrogens is 274 g/mol. The van der Waals surface area contributed by atoms with E-state index in [0.717, 1.165) is 54.5 Å². The summed E-state index contributed by atoms with van der Waals surface area (Å²) < 4.78 is 0. The van der Waals surface area contributed by atoms with E-state index in [2.05, 4.69) is 18.8 Å². The first-order valence-electron chi connectivity index (χ1n) is 8.27. The SMILES string of the molecule is CCCc1nc(C(CC)CCC(C)(C)O)nc2cnccc12. The highest BCUT2D eigenvalue weighted by Crippen LogP contribution is 2.27. The molecule has 4 heteroatoms. The van der Waals surface area contributed by atoms with Crippen molar-refractivity contribution in [3.63, 3.8) is 0 Å². The Morgan fingerprint density at radius 1 is 1.23 bits per heavy atom. The van der Waals surface area contributed by atoms with Gasteiger partial charge in [-0.05, 0) is 45.6 Å². The molecule has 0 bridgehead atoms. The first-order chi connectivity index (χ1) is 10.4. The molecule has 1 atom stereocenters. The number of aliphatic hydroxyl groups is 1. The molecular formula is C18H27N3O. The summed E-state index contributed by atoms with van der Waals surface area (Å²) in [4.78, 5) is 13.8. The normalized spacial score (nSPS) is 13.5. The van der Waals surface area contributed by atoms with Crippen LogP contribution in [0.2, 0.25) is 0 Å². The third-order valence-corrected chi connectivity index (χ3v) is 4.04. The fourth-order valence-electron chi connectivity index (χ4n) is 2.72. The van der Waals surface area contributed by atoms with Crippen LogP contribution in [0.4, 0.5) is 0 Å². The molecule has 0 aliphatic heterocycles. The van der Waals surface area contributed by atoms with Crippen molar-refractivity contribution in [2.75, 3.05) is 0 Å². The zero-order chi connectivity index (χ0) is 16.2. The Hall–Kier alpha value is -1.55. The van der Waals surface area contributed by atoms with E-state index in [-0.39, 0.29) is 5.92 Å². The molecule has 0 aliphatic carbocycles. The smallest absolute Gasteiger partial charge is 0.132 e. The van der Waals surface area contributed by atoms with Gasteiger partial charge < -0.3 is 5.11 Å². The van der Waals surface area contributed by atoms with E-state index in [0.29, 0.717) is 0 Å². The van der Waals surface area contributed by atoms with Gasteiger partial charge in [-0.1, -0.05) is 20.3 Å². The van der Waals surface area contributed by atoms with E-state index >= 15 is 0 Å². The Labute approximate surface area is 133 Å². The van der Waals surface area contributed by atoms with Crippen molar-refractivity contribution in [1.29, 1.82) is 0 Å². The molecule has 1 N–H and O–H groups in total. The van der Waals surface area contributed by atoms with Crippen LogP contribution in [0.3, 0.4) is 0 Å². The van der Waals surface area contributed by atoms with E-state index in [1.807, 2.05) is 26.1 Å². The Balaban J connectivity index is 2.36. The highest BCUT2D eigenvalue weighted by Gasteiger charge is 2.20. The highest BCUT2D eigenvalue weighted by molar-refractivity contribution is 5.79. The number of pyridine rings is 1. The summed E-state index contributed by atoms with van der Waals surface area (Å²) >= 11 is 0. The zero-order valence-electron chi connectivity index (χ0n) is 14.1. The van der Waals surface area contributed by atoms with Crippen molar-refractivity contribution in [2.24, 2.45) is 0 Å². The second-order valence-corrected chi connectivity index (χ2v) is 6.63. The van der Waals surface area contributed by atoms with Crippen LogP contribution < -0.4 is 0 Å². The molecule has 2 heterocycles. The van der Waals surface area contributed by atoms with Crippen molar-refractivity contribution in [3.8, 4) is 0 Å². The van der Waals surface area contributed by atoms with Gasteiger partial charge in [0.1, 0.15) is 5.82 Å². The number of hydrogen-bond acceptors (Lipinski definition) is 4. The van der Waals surface area contributed by atoms with E-state index in [9.17, 15) is 5.11 Å². The quantitative estimate of drug-likeness (QED) is 0.839. The molecule has 2 rings (SSSR count). The van der Waals surface area contributed by atoms with Gasteiger partial charge >= 0.3 is 0 Å². The summed E-state index contributed by atoms with van der Waals surface area (Å²) in [6.07, 6.45) is 8.28. The lowest BCUT2D eigenvalue weighted by molar-refractivity contribution is 0.0662. The first kappa shape index (κ1) is 16.8. The van der Waals surface area contributed by atoms with Crippen LogP contribution in [0, 0.1) is 0 Å². The van der Waals surface area contributed by atoms with Gasteiger partial charge in [0.15, 0.2) is 0 Å². The van der Waals surface area contributed by atoms with Crippen LogP contribution in [0.25, 0.3) is 10.9 Å². The Kier molecular flexibility index (Phi) is 5.46. The monoisotopic (exact) mass is 301 g/mol. The van der Waals surface area contributed by atoms with Gasteiger partial charge in [0.2, 0.25) is 0 Å². The van der Waals surface area contributed by atoms with Gasteiger partial charge in [-0.15, -0.1) is 0 Å². The van der Waals surface area contributed by atoms with Crippen molar-refractivity contribution in [1.82, 2.24) is 15.0 Å². The minimum Gasteiger partial charge on any atom is -0.390 e. The van der Waals surface area contributed by atoms with Crippen LogP contribution >= 0.6 is 0 Å². The molecule has 1 unspecified atom stereocenters. The average Bonchev–Trinajstić information content (AvgIpc) is 2.47. The van der Waals surface area contributed by atoms with Crippen LogP contribution in [-0.4, -0.2) is 25.7 Å². The van der Waals surface area contributed by atoms with Crippen LogP contribution in [0.15, 0.2) is 18.5 Å². The molecule has 120 valence electrons. The van der Waals surface area contributed by atoms with Crippen molar-refractivity contribution < 1.29 is 5.11 Å². The molecule has 22 heavy (non-hydrogen) atoms. The van der Waals surface area contributed by atoms with E-state index < -0.39 is 5.60 Å². The first-order valence-corrected chi connectivity index (χ1v) is 8.27. The third-order valence-electron chi connectivity index (χ3n) is 4.04.